The predicted molar refractivity (Wildman–Crippen MR) is 134 cm³/mol. The van der Waals surface area contributed by atoms with E-state index >= 15 is 0 Å². The van der Waals surface area contributed by atoms with Crippen molar-refractivity contribution in [2.24, 2.45) is 0 Å². The molecule has 3 aromatic heterocycles. The number of hydrogen-bond donors (Lipinski definition) is 2. The number of nitrogens with zero attached hydrogens (tertiary/aromatic N) is 1. The van der Waals surface area contributed by atoms with Crippen molar-refractivity contribution in [3.8, 4) is 11.5 Å². The zero-order valence-electron chi connectivity index (χ0n) is 19.5. The van der Waals surface area contributed by atoms with Gasteiger partial charge in [0.05, 0.1) is 26.5 Å². The van der Waals surface area contributed by atoms with Crippen LogP contribution in [0.1, 0.15) is 45.2 Å². The van der Waals surface area contributed by atoms with Crippen LogP contribution in [0.3, 0.4) is 0 Å². The number of carbonyl (C=O) groups is 1. The zero-order valence-corrected chi connectivity index (χ0v) is 20.4. The highest BCUT2D eigenvalue weighted by molar-refractivity contribution is 7.16. The molecule has 176 valence electrons. The number of aryl methyl sites for hydroxylation is 2. The molecule has 3 heterocycles. The summed E-state index contributed by atoms with van der Waals surface area (Å²) in [5, 5.41) is 7.31. The third-order valence-corrected chi connectivity index (χ3v) is 6.58. The summed E-state index contributed by atoms with van der Waals surface area (Å²) in [6, 6.07) is 16.6. The minimum absolute atomic E-state index is 0.251. The molecule has 0 aliphatic rings. The molecule has 7 nitrogen and oxygen atoms in total. The smallest absolute Gasteiger partial charge is 0.291 e. The number of hydrogen-bond acceptors (Lipinski definition) is 7. The van der Waals surface area contributed by atoms with E-state index in [0.717, 1.165) is 33.1 Å². The SMILES string of the molecule is CCc1cc([C@@H](Nc2cccc(C)n2)c2cccc(OC)c2OC)c(NC(=O)c2ccco2)s1. The molecule has 0 saturated heterocycles. The van der Waals surface area contributed by atoms with Gasteiger partial charge in [0.15, 0.2) is 17.3 Å². The molecule has 34 heavy (non-hydrogen) atoms. The second kappa shape index (κ2) is 10.4. The van der Waals surface area contributed by atoms with Gasteiger partial charge in [0.1, 0.15) is 10.8 Å². The van der Waals surface area contributed by atoms with Crippen molar-refractivity contribution >= 4 is 28.1 Å². The highest BCUT2D eigenvalue weighted by atomic mass is 32.1. The Balaban J connectivity index is 1.84. The molecule has 0 fully saturated rings. The molecular weight excluding hydrogens is 450 g/mol. The number of para-hydroxylation sites is 1. The lowest BCUT2D eigenvalue weighted by molar-refractivity contribution is 0.0997. The van der Waals surface area contributed by atoms with Crippen LogP contribution in [-0.4, -0.2) is 25.1 Å². The number of rotatable bonds is 9. The number of thiophene rings is 1. The Morgan fingerprint density at radius 2 is 1.91 bits per heavy atom. The second-order valence-electron chi connectivity index (χ2n) is 7.61. The first kappa shape index (κ1) is 23.4. The minimum atomic E-state index is -0.372. The van der Waals surface area contributed by atoms with E-state index in [4.69, 9.17) is 13.9 Å². The van der Waals surface area contributed by atoms with Crippen LogP contribution >= 0.6 is 11.3 Å². The van der Waals surface area contributed by atoms with E-state index in [0.29, 0.717) is 17.3 Å². The lowest BCUT2D eigenvalue weighted by atomic mass is 9.98. The Morgan fingerprint density at radius 3 is 2.59 bits per heavy atom. The zero-order chi connectivity index (χ0) is 24.1. The first-order chi connectivity index (χ1) is 16.5. The summed E-state index contributed by atoms with van der Waals surface area (Å²) in [4.78, 5) is 18.6. The number of carbonyl (C=O) groups excluding carboxylic acids is 1. The Morgan fingerprint density at radius 1 is 1.09 bits per heavy atom. The van der Waals surface area contributed by atoms with Gasteiger partial charge in [-0.15, -0.1) is 11.3 Å². The molecule has 0 spiro atoms. The van der Waals surface area contributed by atoms with Crippen molar-refractivity contribution in [3.63, 3.8) is 0 Å². The first-order valence-corrected chi connectivity index (χ1v) is 11.7. The maximum atomic E-state index is 12.8. The molecule has 0 aliphatic heterocycles. The topological polar surface area (TPSA) is 85.6 Å². The van der Waals surface area contributed by atoms with Gasteiger partial charge in [-0.05, 0) is 49.7 Å². The number of anilines is 2. The molecule has 0 radical (unpaired) electrons. The minimum Gasteiger partial charge on any atom is -0.493 e. The highest BCUT2D eigenvalue weighted by Crippen LogP contribution is 2.43. The lowest BCUT2D eigenvalue weighted by Gasteiger charge is -2.24. The van der Waals surface area contributed by atoms with Gasteiger partial charge in [-0.3, -0.25) is 4.79 Å². The number of furan rings is 1. The van der Waals surface area contributed by atoms with Gasteiger partial charge in [0.25, 0.3) is 5.91 Å². The van der Waals surface area contributed by atoms with Crippen LogP contribution in [0.2, 0.25) is 0 Å². The Labute approximate surface area is 202 Å². The van der Waals surface area contributed by atoms with Gasteiger partial charge < -0.3 is 24.5 Å². The van der Waals surface area contributed by atoms with E-state index in [2.05, 4.69) is 28.6 Å². The molecule has 1 atom stereocenters. The van der Waals surface area contributed by atoms with Crippen molar-refractivity contribution in [1.29, 1.82) is 0 Å². The first-order valence-electron chi connectivity index (χ1n) is 10.9. The fourth-order valence-electron chi connectivity index (χ4n) is 3.75. The maximum Gasteiger partial charge on any atom is 0.291 e. The molecule has 1 aromatic carbocycles. The van der Waals surface area contributed by atoms with Crippen LogP contribution in [0.4, 0.5) is 10.8 Å². The third kappa shape index (κ3) is 4.92. The predicted octanol–water partition coefficient (Wildman–Crippen LogP) is 6.08. The fourth-order valence-corrected chi connectivity index (χ4v) is 4.78. The van der Waals surface area contributed by atoms with Crippen LogP contribution in [0.15, 0.2) is 65.3 Å². The van der Waals surface area contributed by atoms with Crippen molar-refractivity contribution in [2.45, 2.75) is 26.3 Å². The number of nitrogens with one attached hydrogen (secondary N) is 2. The van der Waals surface area contributed by atoms with Crippen LogP contribution < -0.4 is 20.1 Å². The molecule has 0 aliphatic carbocycles. The second-order valence-corrected chi connectivity index (χ2v) is 8.74. The lowest BCUT2D eigenvalue weighted by Crippen LogP contribution is -2.17. The number of ether oxygens (including phenoxy) is 2. The van der Waals surface area contributed by atoms with Crippen LogP contribution in [0, 0.1) is 6.92 Å². The summed E-state index contributed by atoms with van der Waals surface area (Å²) in [6.07, 6.45) is 2.32. The molecule has 0 bridgehead atoms. The molecule has 1 amide bonds. The Kier molecular flexibility index (Phi) is 7.18. The summed E-state index contributed by atoms with van der Waals surface area (Å²) in [5.74, 6) is 1.89. The average Bonchev–Trinajstić information content (AvgIpc) is 3.52. The average molecular weight is 478 g/mol. The molecular formula is C26H27N3O4S. The molecule has 0 unspecified atom stereocenters. The quantitative estimate of drug-likeness (QED) is 0.304. The molecule has 4 aromatic rings. The van der Waals surface area contributed by atoms with Gasteiger partial charge in [0.2, 0.25) is 0 Å². The van der Waals surface area contributed by atoms with Crippen molar-refractivity contribution in [2.75, 3.05) is 24.9 Å². The molecule has 0 saturated carbocycles. The van der Waals surface area contributed by atoms with Gasteiger partial charge in [0, 0.05) is 21.7 Å². The third-order valence-electron chi connectivity index (χ3n) is 5.37. The largest absolute Gasteiger partial charge is 0.493 e. The number of amides is 1. The molecule has 4 rings (SSSR count). The number of methoxy groups -OCH3 is 2. The summed E-state index contributed by atoms with van der Waals surface area (Å²) in [7, 11) is 3.23. The maximum absolute atomic E-state index is 12.8. The van der Waals surface area contributed by atoms with E-state index in [1.54, 1.807) is 26.4 Å². The van der Waals surface area contributed by atoms with Gasteiger partial charge in [-0.2, -0.15) is 0 Å². The number of benzene rings is 1. The molecule has 8 heteroatoms. The Bertz CT molecular complexity index is 1270. The summed E-state index contributed by atoms with van der Waals surface area (Å²) in [5.41, 5.74) is 2.66. The highest BCUT2D eigenvalue weighted by Gasteiger charge is 2.27. The van der Waals surface area contributed by atoms with Crippen molar-refractivity contribution < 1.29 is 18.7 Å². The van der Waals surface area contributed by atoms with Gasteiger partial charge in [-0.1, -0.05) is 25.1 Å². The summed E-state index contributed by atoms with van der Waals surface area (Å²) in [6.45, 7) is 4.03. The van der Waals surface area contributed by atoms with Crippen LogP contribution in [-0.2, 0) is 6.42 Å². The summed E-state index contributed by atoms with van der Waals surface area (Å²) >= 11 is 1.54. The fraction of sp³-hybridized carbons (Fsp3) is 0.231. The van der Waals surface area contributed by atoms with E-state index in [1.807, 2.05) is 43.3 Å². The van der Waals surface area contributed by atoms with E-state index < -0.39 is 0 Å². The van der Waals surface area contributed by atoms with E-state index in [1.165, 1.54) is 17.6 Å². The van der Waals surface area contributed by atoms with Crippen LogP contribution in [0.5, 0.6) is 11.5 Å². The number of aromatic nitrogens is 1. The van der Waals surface area contributed by atoms with Gasteiger partial charge >= 0.3 is 0 Å². The standard InChI is InChI=1S/C26H27N3O4S/c1-5-17-15-19(26(34-17)29-25(30)21-12-8-14-33-21)23(28-22-13-6-9-16(2)27-22)18-10-7-11-20(31-3)24(18)32-4/h6-15,23H,5H2,1-4H3,(H,27,28)(H,29,30)/t23-/m0/s1. The Hall–Kier alpha value is -3.78. The molecule has 2 N–H and O–H groups in total. The monoisotopic (exact) mass is 477 g/mol. The van der Waals surface area contributed by atoms with Crippen LogP contribution in [0.25, 0.3) is 0 Å². The van der Waals surface area contributed by atoms with E-state index in [-0.39, 0.29) is 17.7 Å². The van der Waals surface area contributed by atoms with Crippen molar-refractivity contribution in [3.05, 3.63) is 88.3 Å². The van der Waals surface area contributed by atoms with E-state index in [9.17, 15) is 4.79 Å². The normalized spacial score (nSPS) is 11.6. The van der Waals surface area contributed by atoms with Gasteiger partial charge in [-0.25, -0.2) is 4.98 Å². The summed E-state index contributed by atoms with van der Waals surface area (Å²) < 4.78 is 16.6. The van der Waals surface area contributed by atoms with Crippen molar-refractivity contribution in [1.82, 2.24) is 4.98 Å². The number of pyridine rings is 1.